The average molecular weight is 538 g/mol. The van der Waals surface area contributed by atoms with E-state index in [2.05, 4.69) is 31.9 Å². The first kappa shape index (κ1) is 25.3. The summed E-state index contributed by atoms with van der Waals surface area (Å²) in [6, 6.07) is 10.8. The van der Waals surface area contributed by atoms with Crippen LogP contribution in [0.3, 0.4) is 0 Å². The Hall–Kier alpha value is -3.34. The van der Waals surface area contributed by atoms with E-state index >= 15 is 0 Å². The van der Waals surface area contributed by atoms with Crippen LogP contribution in [0.2, 0.25) is 5.02 Å². The minimum absolute atomic E-state index is 0.0104. The summed E-state index contributed by atoms with van der Waals surface area (Å²) in [6.45, 7) is 2.07. The Morgan fingerprint density at radius 2 is 1.76 bits per heavy atom. The van der Waals surface area contributed by atoms with Crippen LogP contribution in [-0.4, -0.2) is 40.4 Å². The summed E-state index contributed by atoms with van der Waals surface area (Å²) in [5.74, 6) is 1.10. The highest BCUT2D eigenvalue weighted by atomic mass is 35.5. The van der Waals surface area contributed by atoms with Gasteiger partial charge in [0.2, 0.25) is 5.95 Å². The van der Waals surface area contributed by atoms with E-state index in [-0.39, 0.29) is 15.6 Å². The van der Waals surface area contributed by atoms with E-state index in [1.54, 1.807) is 12.1 Å². The van der Waals surface area contributed by atoms with Crippen LogP contribution < -0.4 is 15.8 Å². The fraction of sp³-hybridized carbons (Fsp3) is 0.308. The fourth-order valence-electron chi connectivity index (χ4n) is 4.54. The molecular weight excluding hydrogens is 510 g/mol. The molecule has 1 saturated carbocycles. The van der Waals surface area contributed by atoms with Gasteiger partial charge >= 0.3 is 0 Å². The van der Waals surface area contributed by atoms with Gasteiger partial charge in [0.25, 0.3) is 10.0 Å². The number of anilines is 2. The van der Waals surface area contributed by atoms with Crippen molar-refractivity contribution >= 4 is 44.2 Å². The van der Waals surface area contributed by atoms with Crippen molar-refractivity contribution in [2.75, 3.05) is 10.0 Å². The predicted molar refractivity (Wildman–Crippen MR) is 146 cm³/mol. The zero-order valence-corrected chi connectivity index (χ0v) is 21.9. The Balaban J connectivity index is 1.37. The fourth-order valence-corrected chi connectivity index (χ4v) is 6.08. The number of sulfonamides is 1. The minimum Gasteiger partial charge on any atom is -0.351 e. The first-order valence-corrected chi connectivity index (χ1v) is 14.1. The zero-order valence-electron chi connectivity index (χ0n) is 20.4. The van der Waals surface area contributed by atoms with Crippen molar-refractivity contribution in [3.63, 3.8) is 0 Å². The molecule has 0 saturated heterocycles. The van der Waals surface area contributed by atoms with Gasteiger partial charge in [0.1, 0.15) is 4.90 Å². The zero-order chi connectivity index (χ0) is 26.0. The summed E-state index contributed by atoms with van der Waals surface area (Å²) in [5.41, 5.74) is 9.01. The summed E-state index contributed by atoms with van der Waals surface area (Å²) in [5, 5.41) is 4.49. The van der Waals surface area contributed by atoms with E-state index in [9.17, 15) is 8.42 Å². The third-order valence-corrected chi connectivity index (χ3v) is 8.42. The van der Waals surface area contributed by atoms with Crippen LogP contribution in [-0.2, 0) is 16.4 Å². The van der Waals surface area contributed by atoms with E-state index in [0.717, 1.165) is 54.1 Å². The molecule has 2 aromatic heterocycles. The van der Waals surface area contributed by atoms with Crippen molar-refractivity contribution in [2.24, 2.45) is 5.73 Å². The molecule has 1 fully saturated rings. The normalized spacial score (nSPS) is 18.0. The molecule has 0 spiro atoms. The number of aromatic nitrogens is 4. The lowest BCUT2D eigenvalue weighted by Gasteiger charge is -2.26. The molecule has 9 nitrogen and oxygen atoms in total. The Labute approximate surface area is 221 Å². The maximum Gasteiger partial charge on any atom is 0.263 e. The molecule has 192 valence electrons. The molecule has 0 aliphatic heterocycles. The van der Waals surface area contributed by atoms with Crippen LogP contribution in [0.4, 0.5) is 11.6 Å². The number of benzene rings is 2. The van der Waals surface area contributed by atoms with Crippen molar-refractivity contribution in [1.29, 1.82) is 0 Å². The summed E-state index contributed by atoms with van der Waals surface area (Å²) < 4.78 is 27.9. The molecule has 2 heterocycles. The Kier molecular flexibility index (Phi) is 7.23. The van der Waals surface area contributed by atoms with E-state index in [4.69, 9.17) is 22.3 Å². The van der Waals surface area contributed by atoms with E-state index in [1.807, 2.05) is 18.3 Å². The summed E-state index contributed by atoms with van der Waals surface area (Å²) in [7, 11) is -3.87. The number of nitrogens with zero attached hydrogens (tertiary/aromatic N) is 4. The average Bonchev–Trinajstić information content (AvgIpc) is 2.90. The number of halogens is 1. The third kappa shape index (κ3) is 5.66. The molecule has 4 aromatic rings. The lowest BCUT2D eigenvalue weighted by atomic mass is 9.92. The van der Waals surface area contributed by atoms with Gasteiger partial charge in [0.05, 0.1) is 28.6 Å². The number of nitrogens with two attached hydrogens (primary N) is 1. The molecule has 0 unspecified atom stereocenters. The monoisotopic (exact) mass is 537 g/mol. The van der Waals surface area contributed by atoms with Gasteiger partial charge in [0, 0.05) is 29.2 Å². The number of fused-ring (bicyclic) bond motifs is 1. The molecule has 37 heavy (non-hydrogen) atoms. The van der Waals surface area contributed by atoms with Gasteiger partial charge in [-0.05, 0) is 61.9 Å². The van der Waals surface area contributed by atoms with E-state index in [0.29, 0.717) is 23.9 Å². The topological polar surface area (TPSA) is 136 Å². The lowest BCUT2D eigenvalue weighted by Crippen LogP contribution is -2.33. The van der Waals surface area contributed by atoms with Crippen LogP contribution in [0.25, 0.3) is 22.3 Å². The molecule has 2 aromatic carbocycles. The minimum atomic E-state index is -3.87. The van der Waals surface area contributed by atoms with Gasteiger partial charge in [0.15, 0.2) is 5.82 Å². The van der Waals surface area contributed by atoms with Crippen molar-refractivity contribution in [3.05, 3.63) is 65.6 Å². The van der Waals surface area contributed by atoms with Gasteiger partial charge in [-0.3, -0.25) is 4.72 Å². The van der Waals surface area contributed by atoms with Gasteiger partial charge in [-0.2, -0.15) is 0 Å². The van der Waals surface area contributed by atoms with E-state index in [1.165, 1.54) is 24.5 Å². The van der Waals surface area contributed by atoms with Crippen LogP contribution >= 0.6 is 11.6 Å². The molecule has 1 aliphatic rings. The SMILES string of the molecule is CCc1cc(-c2ncc(NS(=O)(=O)c3ccccc3Cl)cn2)cc2cnc(NC3CCC(N)CC3)nc12. The van der Waals surface area contributed by atoms with Gasteiger partial charge in [-0.25, -0.2) is 28.4 Å². The first-order chi connectivity index (χ1) is 17.8. The summed E-state index contributed by atoms with van der Waals surface area (Å²) in [6.07, 6.45) is 9.51. The van der Waals surface area contributed by atoms with Crippen molar-refractivity contribution in [2.45, 2.75) is 56.0 Å². The highest BCUT2D eigenvalue weighted by Crippen LogP contribution is 2.28. The van der Waals surface area contributed by atoms with Gasteiger partial charge in [-0.15, -0.1) is 0 Å². The van der Waals surface area contributed by atoms with Crippen LogP contribution in [0.15, 0.2) is 59.9 Å². The molecule has 5 rings (SSSR count). The first-order valence-electron chi connectivity index (χ1n) is 12.2. The largest absolute Gasteiger partial charge is 0.351 e. The highest BCUT2D eigenvalue weighted by molar-refractivity contribution is 7.92. The van der Waals surface area contributed by atoms with Crippen LogP contribution in [0.1, 0.15) is 38.2 Å². The number of rotatable bonds is 7. The molecule has 4 N–H and O–H groups in total. The predicted octanol–water partition coefficient (Wildman–Crippen LogP) is 4.79. The maximum absolute atomic E-state index is 12.7. The number of hydrogen-bond donors (Lipinski definition) is 3. The van der Waals surface area contributed by atoms with Gasteiger partial charge in [-0.1, -0.05) is 30.7 Å². The molecule has 0 atom stereocenters. The summed E-state index contributed by atoms with van der Waals surface area (Å²) in [4.78, 5) is 18.1. The highest BCUT2D eigenvalue weighted by Gasteiger charge is 2.20. The van der Waals surface area contributed by atoms with Gasteiger partial charge < -0.3 is 11.1 Å². The van der Waals surface area contributed by atoms with Crippen molar-refractivity contribution in [1.82, 2.24) is 19.9 Å². The second kappa shape index (κ2) is 10.6. The second-order valence-electron chi connectivity index (χ2n) is 9.21. The number of aryl methyl sites for hydroxylation is 1. The third-order valence-electron chi connectivity index (χ3n) is 6.54. The van der Waals surface area contributed by atoms with Crippen LogP contribution in [0, 0.1) is 0 Å². The molecule has 0 amide bonds. The van der Waals surface area contributed by atoms with Crippen molar-refractivity contribution in [3.8, 4) is 11.4 Å². The molecule has 0 bridgehead atoms. The van der Waals surface area contributed by atoms with E-state index < -0.39 is 10.0 Å². The smallest absolute Gasteiger partial charge is 0.263 e. The lowest BCUT2D eigenvalue weighted by molar-refractivity contribution is 0.410. The Bertz CT molecular complexity index is 1520. The van der Waals surface area contributed by atoms with Crippen molar-refractivity contribution < 1.29 is 8.42 Å². The number of hydrogen-bond acceptors (Lipinski definition) is 8. The Morgan fingerprint density at radius 1 is 1.03 bits per heavy atom. The molecule has 11 heteroatoms. The maximum atomic E-state index is 12.7. The quantitative estimate of drug-likeness (QED) is 0.306. The Morgan fingerprint density at radius 3 is 2.46 bits per heavy atom. The standard InChI is InChI=1S/C26H28ClN7O2S/c1-2-16-11-17(12-18-13-31-26(33-24(16)18)32-20-9-7-19(28)8-10-20)25-29-14-21(15-30-25)34-37(35,36)23-6-4-3-5-22(23)27/h3-6,11-15,19-20,34H,2,7-10,28H2,1H3,(H,31,32,33). The molecular formula is C26H28ClN7O2S. The second-order valence-corrected chi connectivity index (χ2v) is 11.3. The molecule has 1 aliphatic carbocycles. The number of nitrogens with one attached hydrogen (secondary N) is 2. The van der Waals surface area contributed by atoms with Crippen LogP contribution in [0.5, 0.6) is 0 Å². The molecule has 0 radical (unpaired) electrons. The summed E-state index contributed by atoms with van der Waals surface area (Å²) >= 11 is 6.05.